The Labute approximate surface area is 189 Å². The van der Waals surface area contributed by atoms with E-state index in [0.29, 0.717) is 17.9 Å². The van der Waals surface area contributed by atoms with E-state index >= 15 is 0 Å². The van der Waals surface area contributed by atoms with Gasteiger partial charge in [-0.2, -0.15) is 0 Å². The molecule has 0 unspecified atom stereocenters. The fourth-order valence-corrected chi connectivity index (χ4v) is 6.76. The average Bonchev–Trinajstić information content (AvgIpc) is 3.32. The van der Waals surface area contributed by atoms with E-state index in [4.69, 9.17) is 15.5 Å². The molecular weight excluding hydrogens is 400 g/mol. The van der Waals surface area contributed by atoms with Crippen molar-refractivity contribution in [2.24, 2.45) is 16.6 Å². The molecule has 6 rings (SSSR count). The van der Waals surface area contributed by atoms with Crippen LogP contribution in [0.5, 0.6) is 0 Å². The Balaban J connectivity index is 1.39. The lowest BCUT2D eigenvalue weighted by atomic mass is 9.80. The van der Waals surface area contributed by atoms with E-state index in [1.54, 1.807) is 0 Å². The largest absolute Gasteiger partial charge is 0.444 e. The molecule has 6 heteroatoms. The summed E-state index contributed by atoms with van der Waals surface area (Å²) in [5.74, 6) is 1.26. The van der Waals surface area contributed by atoms with Crippen molar-refractivity contribution in [3.05, 3.63) is 65.7 Å². The number of ether oxygens (including phenoxy) is 1. The number of hydrogen-bond acceptors (Lipinski definition) is 5. The zero-order chi connectivity index (χ0) is 21.9. The molecule has 1 aliphatic carbocycles. The minimum absolute atomic E-state index is 0.124. The van der Waals surface area contributed by atoms with Gasteiger partial charge in [0.25, 0.3) is 0 Å². The van der Waals surface area contributed by atoms with Crippen LogP contribution in [-0.4, -0.2) is 35.1 Å². The van der Waals surface area contributed by atoms with Crippen LogP contribution in [0.1, 0.15) is 50.2 Å². The predicted molar refractivity (Wildman–Crippen MR) is 124 cm³/mol. The Morgan fingerprint density at radius 1 is 1.09 bits per heavy atom. The van der Waals surface area contributed by atoms with Crippen LogP contribution in [0.25, 0.3) is 0 Å². The average molecular weight is 431 g/mol. The molecule has 2 aromatic rings. The van der Waals surface area contributed by atoms with Gasteiger partial charge in [0, 0.05) is 11.6 Å². The van der Waals surface area contributed by atoms with E-state index in [9.17, 15) is 4.79 Å². The molecule has 1 saturated heterocycles. The molecule has 0 aromatic heterocycles. The topological polar surface area (TPSA) is 71.2 Å². The van der Waals surface area contributed by atoms with E-state index in [-0.39, 0.29) is 24.8 Å². The number of carbonyl (C=O) groups is 1. The molecule has 2 aromatic carbocycles. The first-order chi connectivity index (χ1) is 15.6. The van der Waals surface area contributed by atoms with Gasteiger partial charge >= 0.3 is 6.09 Å². The van der Waals surface area contributed by atoms with Gasteiger partial charge in [-0.3, -0.25) is 4.90 Å². The first-order valence-electron chi connectivity index (χ1n) is 11.8. The van der Waals surface area contributed by atoms with E-state index in [0.717, 1.165) is 29.7 Å². The summed E-state index contributed by atoms with van der Waals surface area (Å²) in [6, 6.07) is 18.4. The normalized spacial score (nSPS) is 32.5. The highest BCUT2D eigenvalue weighted by molar-refractivity contribution is 5.94. The number of nitrogens with two attached hydrogens (primary N) is 1. The third-order valence-corrected chi connectivity index (χ3v) is 8.07. The minimum atomic E-state index is -0.568. The summed E-state index contributed by atoms with van der Waals surface area (Å²) in [6.45, 7) is 2.39. The molecule has 0 spiro atoms. The van der Waals surface area contributed by atoms with Gasteiger partial charge in [-0.25, -0.2) is 9.79 Å². The summed E-state index contributed by atoms with van der Waals surface area (Å²) in [5.41, 5.74) is 8.99. The third-order valence-electron chi connectivity index (χ3n) is 8.07. The molecule has 2 fully saturated rings. The van der Waals surface area contributed by atoms with Crippen molar-refractivity contribution in [2.75, 3.05) is 4.90 Å². The lowest BCUT2D eigenvalue weighted by Gasteiger charge is -2.47. The predicted octanol–water partition coefficient (Wildman–Crippen LogP) is 4.39. The summed E-state index contributed by atoms with van der Waals surface area (Å²) < 4.78 is 5.85. The maximum absolute atomic E-state index is 13.6. The molecule has 6 nitrogen and oxygen atoms in total. The lowest BCUT2D eigenvalue weighted by molar-refractivity contribution is 0.130. The molecule has 166 valence electrons. The van der Waals surface area contributed by atoms with Crippen molar-refractivity contribution < 1.29 is 9.53 Å². The number of amides is 1. The van der Waals surface area contributed by atoms with E-state index in [1.807, 2.05) is 53.4 Å². The number of carbonyl (C=O) groups excluding carboxylic acids is 1. The van der Waals surface area contributed by atoms with Gasteiger partial charge in [0.15, 0.2) is 5.96 Å². The molecule has 3 heterocycles. The van der Waals surface area contributed by atoms with Gasteiger partial charge in [-0.15, -0.1) is 0 Å². The molecule has 32 heavy (non-hydrogen) atoms. The highest BCUT2D eigenvalue weighted by Gasteiger charge is 2.61. The highest BCUT2D eigenvalue weighted by Crippen LogP contribution is 2.54. The van der Waals surface area contributed by atoms with Gasteiger partial charge in [0.1, 0.15) is 12.1 Å². The number of guanidine groups is 1. The Morgan fingerprint density at radius 2 is 1.84 bits per heavy atom. The van der Waals surface area contributed by atoms with Crippen molar-refractivity contribution in [3.8, 4) is 0 Å². The van der Waals surface area contributed by atoms with E-state index in [2.05, 4.69) is 17.9 Å². The molecule has 1 saturated carbocycles. The second kappa shape index (κ2) is 7.26. The van der Waals surface area contributed by atoms with Gasteiger partial charge in [-0.1, -0.05) is 61.4 Å². The molecule has 4 aliphatic rings. The number of para-hydroxylation sites is 1. The summed E-state index contributed by atoms with van der Waals surface area (Å²) in [7, 11) is 0. The Hall–Kier alpha value is -3.02. The Bertz CT molecular complexity index is 1070. The molecule has 5 atom stereocenters. The van der Waals surface area contributed by atoms with E-state index in [1.165, 1.54) is 19.3 Å². The van der Waals surface area contributed by atoms with Gasteiger partial charge in [0.05, 0.1) is 17.8 Å². The van der Waals surface area contributed by atoms with Gasteiger partial charge in [-0.05, 0) is 43.7 Å². The summed E-state index contributed by atoms with van der Waals surface area (Å²) in [5, 5.41) is 0. The lowest BCUT2D eigenvalue weighted by Crippen LogP contribution is -2.64. The molecule has 3 aliphatic heterocycles. The quantitative estimate of drug-likeness (QED) is 0.767. The van der Waals surface area contributed by atoms with Crippen LogP contribution in [0.2, 0.25) is 0 Å². The molecule has 2 N–H and O–H groups in total. The summed E-state index contributed by atoms with van der Waals surface area (Å²) in [6.07, 6.45) is 5.66. The maximum Gasteiger partial charge on any atom is 0.415 e. The summed E-state index contributed by atoms with van der Waals surface area (Å²) in [4.78, 5) is 22.9. The second-order valence-corrected chi connectivity index (χ2v) is 9.81. The van der Waals surface area contributed by atoms with Crippen LogP contribution in [0.15, 0.2) is 59.6 Å². The van der Waals surface area contributed by atoms with Crippen molar-refractivity contribution in [1.29, 1.82) is 0 Å². The zero-order valence-electron chi connectivity index (χ0n) is 18.5. The van der Waals surface area contributed by atoms with Crippen LogP contribution in [0.3, 0.4) is 0 Å². The number of rotatable bonds is 2. The van der Waals surface area contributed by atoms with Crippen molar-refractivity contribution >= 4 is 17.7 Å². The molecular formula is C26H30N4O2. The summed E-state index contributed by atoms with van der Waals surface area (Å²) >= 11 is 0. The van der Waals surface area contributed by atoms with E-state index < -0.39 is 5.54 Å². The zero-order valence-corrected chi connectivity index (χ0v) is 18.5. The number of fused-ring (bicyclic) bond motifs is 7. The highest BCUT2D eigenvalue weighted by atomic mass is 16.6. The first-order valence-corrected chi connectivity index (χ1v) is 11.8. The number of aliphatic imine (C=N–C) groups is 1. The number of benzene rings is 2. The Morgan fingerprint density at radius 3 is 2.69 bits per heavy atom. The van der Waals surface area contributed by atoms with Crippen molar-refractivity contribution in [1.82, 2.24) is 4.90 Å². The van der Waals surface area contributed by atoms with Crippen LogP contribution in [0.4, 0.5) is 10.5 Å². The van der Waals surface area contributed by atoms with Crippen LogP contribution in [-0.2, 0) is 16.9 Å². The second-order valence-electron chi connectivity index (χ2n) is 9.81. The SMILES string of the molecule is C[C@]12N=C(N)N3[C@@H]4CCCC[C@@H]4C[C@H]3[C@H]1N(C(=O)OCc1ccccc1)c1ccccc12. The minimum Gasteiger partial charge on any atom is -0.444 e. The van der Waals surface area contributed by atoms with Gasteiger partial charge < -0.3 is 15.4 Å². The van der Waals surface area contributed by atoms with Crippen molar-refractivity contribution in [3.63, 3.8) is 0 Å². The van der Waals surface area contributed by atoms with Crippen LogP contribution in [0, 0.1) is 5.92 Å². The molecule has 0 bridgehead atoms. The fraction of sp³-hybridized carbons (Fsp3) is 0.462. The molecule has 0 radical (unpaired) electrons. The fourth-order valence-electron chi connectivity index (χ4n) is 6.76. The molecule has 1 amide bonds. The number of nitrogens with zero attached hydrogens (tertiary/aromatic N) is 3. The Kier molecular flexibility index (Phi) is 4.46. The van der Waals surface area contributed by atoms with Gasteiger partial charge in [0.2, 0.25) is 0 Å². The monoisotopic (exact) mass is 430 g/mol. The smallest absolute Gasteiger partial charge is 0.415 e. The van der Waals surface area contributed by atoms with Crippen LogP contribution >= 0.6 is 0 Å². The standard InChI is InChI=1S/C26H30N4O2/c1-26-19-12-6-8-14-21(19)30(25(31)32-16-17-9-3-2-4-10-17)23(26)22-15-18-11-5-7-13-20(18)29(22)24(27)28-26/h2-4,6,8-10,12,14,18,20,22-23H,5,7,11,13,15-16H2,1H3,(H2,27,28)/t18-,20-,22+,23-,26-/m1/s1. The maximum atomic E-state index is 13.6. The van der Waals surface area contributed by atoms with Crippen LogP contribution < -0.4 is 10.6 Å². The first kappa shape index (κ1) is 19.6. The third kappa shape index (κ3) is 2.78. The number of hydrogen-bond donors (Lipinski definition) is 1. The number of anilines is 1. The van der Waals surface area contributed by atoms with Crippen molar-refractivity contribution in [2.45, 2.75) is 69.3 Å².